The summed E-state index contributed by atoms with van der Waals surface area (Å²) in [5.41, 5.74) is 8.43. The highest BCUT2D eigenvalue weighted by Gasteiger charge is 1.99. The van der Waals surface area contributed by atoms with E-state index >= 15 is 0 Å². The van der Waals surface area contributed by atoms with Crippen LogP contribution >= 0.6 is 0 Å². The zero-order valence-corrected chi connectivity index (χ0v) is 7.42. The number of carbonyl (C=O) groups is 1. The Labute approximate surface area is 72.4 Å². The molecule has 0 aliphatic rings. The van der Waals surface area contributed by atoms with Gasteiger partial charge >= 0.3 is 0 Å². The van der Waals surface area contributed by atoms with Crippen LogP contribution in [-0.2, 0) is 11.2 Å². The largest absolute Gasteiger partial charge is 0.369 e. The molecule has 0 fully saturated rings. The molecule has 0 bridgehead atoms. The summed E-state index contributed by atoms with van der Waals surface area (Å²) in [6.45, 7) is 4.02. The second-order valence-corrected chi connectivity index (χ2v) is 3.14. The van der Waals surface area contributed by atoms with Crippen LogP contribution in [0.3, 0.4) is 0 Å². The Balaban J connectivity index is 2.93. The lowest BCUT2D eigenvalue weighted by Crippen LogP contribution is -2.13. The highest BCUT2D eigenvalue weighted by atomic mass is 16.1. The standard InChI is InChI=1S/C10H13NO/c1-7-3-8(2)5-9(4-7)6-10(11)12/h3-5H,6H2,1-2H3,(H2,11,12). The Morgan fingerprint density at radius 1 is 1.25 bits per heavy atom. The van der Waals surface area contributed by atoms with Crippen LogP contribution in [0.4, 0.5) is 0 Å². The zero-order valence-electron chi connectivity index (χ0n) is 7.42. The average molecular weight is 163 g/mol. The second kappa shape index (κ2) is 3.39. The van der Waals surface area contributed by atoms with Crippen LogP contribution in [0.25, 0.3) is 0 Å². The van der Waals surface area contributed by atoms with Gasteiger partial charge in [0, 0.05) is 0 Å². The van der Waals surface area contributed by atoms with E-state index in [0.717, 1.165) is 5.56 Å². The highest BCUT2D eigenvalue weighted by molar-refractivity contribution is 5.76. The van der Waals surface area contributed by atoms with Gasteiger partial charge in [-0.3, -0.25) is 4.79 Å². The van der Waals surface area contributed by atoms with Gasteiger partial charge in [-0.25, -0.2) is 0 Å². The summed E-state index contributed by atoms with van der Waals surface area (Å²) in [5, 5.41) is 0. The van der Waals surface area contributed by atoms with Crippen molar-refractivity contribution >= 4 is 5.91 Å². The first-order valence-electron chi connectivity index (χ1n) is 3.93. The van der Waals surface area contributed by atoms with E-state index in [0.29, 0.717) is 6.42 Å². The molecule has 0 aromatic heterocycles. The first-order valence-corrected chi connectivity index (χ1v) is 3.93. The number of hydrogen-bond donors (Lipinski definition) is 1. The van der Waals surface area contributed by atoms with Crippen LogP contribution in [0, 0.1) is 13.8 Å². The van der Waals surface area contributed by atoms with E-state index in [4.69, 9.17) is 5.73 Å². The number of primary amides is 1. The fraction of sp³-hybridized carbons (Fsp3) is 0.300. The predicted molar refractivity (Wildman–Crippen MR) is 48.8 cm³/mol. The van der Waals surface area contributed by atoms with Gasteiger partial charge in [-0.1, -0.05) is 29.3 Å². The van der Waals surface area contributed by atoms with E-state index < -0.39 is 0 Å². The van der Waals surface area contributed by atoms with E-state index in [9.17, 15) is 4.79 Å². The molecule has 0 heterocycles. The third kappa shape index (κ3) is 2.38. The number of carbonyl (C=O) groups excluding carboxylic acids is 1. The number of rotatable bonds is 2. The molecule has 64 valence electrons. The van der Waals surface area contributed by atoms with Crippen molar-refractivity contribution in [2.24, 2.45) is 5.73 Å². The minimum absolute atomic E-state index is 0.278. The third-order valence-corrected chi connectivity index (χ3v) is 1.66. The molecule has 0 radical (unpaired) electrons. The molecule has 0 saturated heterocycles. The Morgan fingerprint density at radius 3 is 2.17 bits per heavy atom. The van der Waals surface area contributed by atoms with Gasteiger partial charge in [0.15, 0.2) is 0 Å². The maximum absolute atomic E-state index is 10.6. The summed E-state index contributed by atoms with van der Waals surface area (Å²) in [6, 6.07) is 6.04. The van der Waals surface area contributed by atoms with Crippen LogP contribution in [0.15, 0.2) is 18.2 Å². The number of aryl methyl sites for hydroxylation is 2. The predicted octanol–water partition coefficient (Wildman–Crippen LogP) is 1.33. The van der Waals surface area contributed by atoms with Crippen molar-refractivity contribution in [3.63, 3.8) is 0 Å². The lowest BCUT2D eigenvalue weighted by atomic mass is 10.1. The van der Waals surface area contributed by atoms with Gasteiger partial charge in [-0.15, -0.1) is 0 Å². The van der Waals surface area contributed by atoms with Gasteiger partial charge in [0.25, 0.3) is 0 Å². The molecule has 1 amide bonds. The highest BCUT2D eigenvalue weighted by Crippen LogP contribution is 2.08. The fourth-order valence-corrected chi connectivity index (χ4v) is 1.37. The number of hydrogen-bond acceptors (Lipinski definition) is 1. The summed E-state index contributed by atoms with van der Waals surface area (Å²) in [4.78, 5) is 10.6. The maximum Gasteiger partial charge on any atom is 0.221 e. The van der Waals surface area contributed by atoms with Gasteiger partial charge in [0.2, 0.25) is 5.91 Å². The van der Waals surface area contributed by atoms with Gasteiger partial charge in [-0.05, 0) is 19.4 Å². The minimum Gasteiger partial charge on any atom is -0.369 e. The molecule has 0 atom stereocenters. The maximum atomic E-state index is 10.6. The summed E-state index contributed by atoms with van der Waals surface area (Å²) in [6.07, 6.45) is 0.336. The molecule has 2 heteroatoms. The SMILES string of the molecule is Cc1cc(C)cc(CC(N)=O)c1. The van der Waals surface area contributed by atoms with E-state index in [1.54, 1.807) is 0 Å². The molecule has 0 aliphatic carbocycles. The molecule has 2 nitrogen and oxygen atoms in total. The molecule has 0 saturated carbocycles. The molecular weight excluding hydrogens is 150 g/mol. The van der Waals surface area contributed by atoms with Crippen molar-refractivity contribution in [1.82, 2.24) is 0 Å². The van der Waals surface area contributed by atoms with Gasteiger partial charge in [-0.2, -0.15) is 0 Å². The summed E-state index contributed by atoms with van der Waals surface area (Å²) >= 11 is 0. The Morgan fingerprint density at radius 2 is 1.75 bits per heavy atom. The number of nitrogens with two attached hydrogens (primary N) is 1. The van der Waals surface area contributed by atoms with Crippen molar-refractivity contribution in [1.29, 1.82) is 0 Å². The zero-order chi connectivity index (χ0) is 9.14. The van der Waals surface area contributed by atoms with Gasteiger partial charge < -0.3 is 5.73 Å². The average Bonchev–Trinajstić information content (AvgIpc) is 1.81. The van der Waals surface area contributed by atoms with E-state index in [-0.39, 0.29) is 5.91 Å². The first kappa shape index (κ1) is 8.78. The van der Waals surface area contributed by atoms with E-state index in [1.807, 2.05) is 26.0 Å². The Hall–Kier alpha value is -1.31. The van der Waals surface area contributed by atoms with Crippen LogP contribution in [-0.4, -0.2) is 5.91 Å². The Bertz CT molecular complexity index is 284. The molecule has 1 aromatic carbocycles. The van der Waals surface area contributed by atoms with Gasteiger partial charge in [0.1, 0.15) is 0 Å². The van der Waals surface area contributed by atoms with Crippen LogP contribution in [0.2, 0.25) is 0 Å². The minimum atomic E-state index is -0.278. The first-order chi connectivity index (χ1) is 5.58. The monoisotopic (exact) mass is 163 g/mol. The normalized spacial score (nSPS) is 9.83. The van der Waals surface area contributed by atoms with E-state index in [1.165, 1.54) is 11.1 Å². The van der Waals surface area contributed by atoms with Crippen LogP contribution < -0.4 is 5.73 Å². The Kier molecular flexibility index (Phi) is 2.48. The topological polar surface area (TPSA) is 43.1 Å². The third-order valence-electron chi connectivity index (χ3n) is 1.66. The van der Waals surface area contributed by atoms with Crippen LogP contribution in [0.5, 0.6) is 0 Å². The molecule has 0 aliphatic heterocycles. The number of benzene rings is 1. The second-order valence-electron chi connectivity index (χ2n) is 3.14. The summed E-state index contributed by atoms with van der Waals surface area (Å²) < 4.78 is 0. The molecule has 1 aromatic rings. The number of amides is 1. The summed E-state index contributed by atoms with van der Waals surface area (Å²) in [5.74, 6) is -0.278. The molecule has 0 spiro atoms. The smallest absolute Gasteiger partial charge is 0.221 e. The van der Waals surface area contributed by atoms with Crippen LogP contribution in [0.1, 0.15) is 16.7 Å². The van der Waals surface area contributed by atoms with Crippen molar-refractivity contribution in [2.75, 3.05) is 0 Å². The van der Waals surface area contributed by atoms with Gasteiger partial charge in [0.05, 0.1) is 6.42 Å². The molecule has 2 N–H and O–H groups in total. The lowest BCUT2D eigenvalue weighted by molar-refractivity contribution is -0.117. The quantitative estimate of drug-likeness (QED) is 0.702. The van der Waals surface area contributed by atoms with Crippen molar-refractivity contribution in [3.05, 3.63) is 34.9 Å². The molecular formula is C10H13NO. The van der Waals surface area contributed by atoms with E-state index in [2.05, 4.69) is 6.07 Å². The fourth-order valence-electron chi connectivity index (χ4n) is 1.37. The summed E-state index contributed by atoms with van der Waals surface area (Å²) in [7, 11) is 0. The molecule has 0 unspecified atom stereocenters. The molecule has 12 heavy (non-hydrogen) atoms. The lowest BCUT2D eigenvalue weighted by Gasteiger charge is -2.01. The van der Waals surface area contributed by atoms with Crippen molar-refractivity contribution < 1.29 is 4.79 Å². The van der Waals surface area contributed by atoms with Crippen molar-refractivity contribution in [3.8, 4) is 0 Å². The molecule has 1 rings (SSSR count). The van der Waals surface area contributed by atoms with Crippen molar-refractivity contribution in [2.45, 2.75) is 20.3 Å².